The molecule has 0 amide bonds. The Morgan fingerprint density at radius 3 is 3.00 bits per heavy atom. The molecule has 0 N–H and O–H groups in total. The summed E-state index contributed by atoms with van der Waals surface area (Å²) in [5.74, 6) is 6.84. The van der Waals surface area contributed by atoms with Gasteiger partial charge in [-0.05, 0) is 25.1 Å². The Bertz CT molecular complexity index is 322. The zero-order valence-corrected chi connectivity index (χ0v) is 9.10. The Hall–Kier alpha value is -0.940. The van der Waals surface area contributed by atoms with Crippen LogP contribution in [0.2, 0.25) is 0 Å². The standard InChI is InChI=1S/C11H11BrO/c1-2-13-11-7-3-5-10(9-11)6-4-8-12/h3,5,7,9H,2,8H2,1H3. The fourth-order valence-electron chi connectivity index (χ4n) is 0.966. The van der Waals surface area contributed by atoms with E-state index in [0.29, 0.717) is 11.9 Å². The van der Waals surface area contributed by atoms with Crippen molar-refractivity contribution in [3.63, 3.8) is 0 Å². The molecule has 0 bridgehead atoms. The minimum atomic E-state index is 0.690. The Morgan fingerprint density at radius 2 is 2.31 bits per heavy atom. The second-order valence-corrected chi connectivity index (χ2v) is 2.96. The molecule has 68 valence electrons. The van der Waals surface area contributed by atoms with Gasteiger partial charge in [0.2, 0.25) is 0 Å². The SMILES string of the molecule is CCOc1cccc(C#CCBr)c1. The van der Waals surface area contributed by atoms with E-state index in [9.17, 15) is 0 Å². The first kappa shape index (κ1) is 10.1. The van der Waals surface area contributed by atoms with Crippen LogP contribution in [0.4, 0.5) is 0 Å². The minimum Gasteiger partial charge on any atom is -0.494 e. The molecule has 0 aliphatic rings. The molecular weight excluding hydrogens is 228 g/mol. The molecule has 1 rings (SSSR count). The van der Waals surface area contributed by atoms with Crippen molar-refractivity contribution in [2.45, 2.75) is 6.92 Å². The number of hydrogen-bond acceptors (Lipinski definition) is 1. The maximum absolute atomic E-state index is 5.35. The quantitative estimate of drug-likeness (QED) is 0.569. The van der Waals surface area contributed by atoms with E-state index in [-0.39, 0.29) is 0 Å². The summed E-state index contributed by atoms with van der Waals surface area (Å²) in [6, 6.07) is 7.80. The van der Waals surface area contributed by atoms with Gasteiger partial charge in [-0.15, -0.1) is 0 Å². The van der Waals surface area contributed by atoms with Crippen molar-refractivity contribution < 1.29 is 4.74 Å². The van der Waals surface area contributed by atoms with Crippen LogP contribution in [0.25, 0.3) is 0 Å². The molecule has 2 heteroatoms. The Balaban J connectivity index is 2.79. The third-order valence-electron chi connectivity index (χ3n) is 1.44. The van der Waals surface area contributed by atoms with E-state index >= 15 is 0 Å². The molecule has 0 heterocycles. The summed E-state index contributed by atoms with van der Waals surface area (Å²) in [5.41, 5.74) is 0.991. The number of alkyl halides is 1. The second-order valence-electron chi connectivity index (χ2n) is 2.40. The Kier molecular flexibility index (Phi) is 4.42. The van der Waals surface area contributed by atoms with Crippen molar-refractivity contribution in [3.05, 3.63) is 29.8 Å². The first-order chi connectivity index (χ1) is 6.36. The van der Waals surface area contributed by atoms with Crippen LogP contribution >= 0.6 is 15.9 Å². The summed E-state index contributed by atoms with van der Waals surface area (Å²) >= 11 is 3.25. The van der Waals surface area contributed by atoms with Gasteiger partial charge in [0.25, 0.3) is 0 Å². The van der Waals surface area contributed by atoms with E-state index in [1.165, 1.54) is 0 Å². The van der Waals surface area contributed by atoms with Gasteiger partial charge in [0.1, 0.15) is 5.75 Å². The van der Waals surface area contributed by atoms with Gasteiger partial charge in [-0.3, -0.25) is 0 Å². The highest BCUT2D eigenvalue weighted by Gasteiger charge is 1.91. The fourth-order valence-corrected chi connectivity index (χ4v) is 1.11. The molecule has 0 saturated carbocycles. The predicted molar refractivity (Wildman–Crippen MR) is 58.3 cm³/mol. The summed E-state index contributed by atoms with van der Waals surface area (Å²) in [5, 5.41) is 0.700. The Morgan fingerprint density at radius 1 is 1.46 bits per heavy atom. The normalized spacial score (nSPS) is 8.77. The van der Waals surface area contributed by atoms with E-state index in [1.807, 2.05) is 31.2 Å². The van der Waals surface area contributed by atoms with Gasteiger partial charge in [0.05, 0.1) is 11.9 Å². The van der Waals surface area contributed by atoms with Crippen LogP contribution in [-0.2, 0) is 0 Å². The van der Waals surface area contributed by atoms with Gasteiger partial charge < -0.3 is 4.74 Å². The van der Waals surface area contributed by atoms with Crippen LogP contribution in [0, 0.1) is 11.8 Å². The van der Waals surface area contributed by atoms with Gasteiger partial charge in [-0.2, -0.15) is 0 Å². The van der Waals surface area contributed by atoms with Crippen molar-refractivity contribution in [3.8, 4) is 17.6 Å². The lowest BCUT2D eigenvalue weighted by atomic mass is 10.2. The van der Waals surface area contributed by atoms with Crippen LogP contribution in [0.5, 0.6) is 5.75 Å². The molecule has 0 radical (unpaired) electrons. The lowest BCUT2D eigenvalue weighted by Crippen LogP contribution is -1.91. The maximum Gasteiger partial charge on any atom is 0.120 e. The maximum atomic E-state index is 5.35. The van der Waals surface area contributed by atoms with Gasteiger partial charge in [0, 0.05) is 5.56 Å². The third-order valence-corrected chi connectivity index (χ3v) is 1.72. The van der Waals surface area contributed by atoms with E-state index in [0.717, 1.165) is 11.3 Å². The van der Waals surface area contributed by atoms with Crippen molar-refractivity contribution in [2.24, 2.45) is 0 Å². The van der Waals surface area contributed by atoms with Gasteiger partial charge in [-0.1, -0.05) is 33.8 Å². The number of hydrogen-bond donors (Lipinski definition) is 0. The van der Waals surface area contributed by atoms with Crippen molar-refractivity contribution in [1.29, 1.82) is 0 Å². The molecular formula is C11H11BrO. The van der Waals surface area contributed by atoms with Crippen LogP contribution in [-0.4, -0.2) is 11.9 Å². The topological polar surface area (TPSA) is 9.23 Å². The van der Waals surface area contributed by atoms with Crippen LogP contribution in [0.1, 0.15) is 12.5 Å². The highest BCUT2D eigenvalue weighted by molar-refractivity contribution is 9.09. The van der Waals surface area contributed by atoms with Gasteiger partial charge in [-0.25, -0.2) is 0 Å². The smallest absolute Gasteiger partial charge is 0.120 e. The summed E-state index contributed by atoms with van der Waals surface area (Å²) in [6.07, 6.45) is 0. The van der Waals surface area contributed by atoms with E-state index in [2.05, 4.69) is 27.8 Å². The van der Waals surface area contributed by atoms with Crippen molar-refractivity contribution >= 4 is 15.9 Å². The molecule has 0 saturated heterocycles. The highest BCUT2D eigenvalue weighted by atomic mass is 79.9. The second kappa shape index (κ2) is 5.66. The largest absolute Gasteiger partial charge is 0.494 e. The molecule has 1 nitrogen and oxygen atoms in total. The van der Waals surface area contributed by atoms with Crippen LogP contribution in [0.3, 0.4) is 0 Å². The zero-order valence-electron chi connectivity index (χ0n) is 7.51. The molecule has 0 unspecified atom stereocenters. The van der Waals surface area contributed by atoms with E-state index in [4.69, 9.17) is 4.74 Å². The molecule has 1 aromatic carbocycles. The molecule has 13 heavy (non-hydrogen) atoms. The molecule has 1 aromatic rings. The fraction of sp³-hybridized carbons (Fsp3) is 0.273. The summed E-state index contributed by atoms with van der Waals surface area (Å²) in [7, 11) is 0. The lowest BCUT2D eigenvalue weighted by Gasteiger charge is -2.01. The molecule has 0 aliphatic carbocycles. The molecule has 0 fully saturated rings. The zero-order chi connectivity index (χ0) is 9.52. The number of rotatable bonds is 2. The van der Waals surface area contributed by atoms with Crippen molar-refractivity contribution in [1.82, 2.24) is 0 Å². The van der Waals surface area contributed by atoms with Gasteiger partial charge >= 0.3 is 0 Å². The summed E-state index contributed by atoms with van der Waals surface area (Å²) < 4.78 is 5.35. The van der Waals surface area contributed by atoms with E-state index in [1.54, 1.807) is 0 Å². The molecule has 0 atom stereocenters. The highest BCUT2D eigenvalue weighted by Crippen LogP contribution is 2.12. The minimum absolute atomic E-state index is 0.690. The van der Waals surface area contributed by atoms with E-state index < -0.39 is 0 Å². The first-order valence-electron chi connectivity index (χ1n) is 4.14. The number of ether oxygens (including phenoxy) is 1. The molecule has 0 aromatic heterocycles. The predicted octanol–water partition coefficient (Wildman–Crippen LogP) is 2.83. The van der Waals surface area contributed by atoms with Crippen LogP contribution in [0.15, 0.2) is 24.3 Å². The van der Waals surface area contributed by atoms with Crippen molar-refractivity contribution in [2.75, 3.05) is 11.9 Å². The lowest BCUT2D eigenvalue weighted by molar-refractivity contribution is 0.340. The van der Waals surface area contributed by atoms with Gasteiger partial charge in [0.15, 0.2) is 0 Å². The monoisotopic (exact) mass is 238 g/mol. The van der Waals surface area contributed by atoms with Crippen LogP contribution < -0.4 is 4.74 Å². The molecule has 0 aliphatic heterocycles. The average molecular weight is 239 g/mol. The number of halogens is 1. The summed E-state index contributed by atoms with van der Waals surface area (Å²) in [6.45, 7) is 2.66. The average Bonchev–Trinajstić information content (AvgIpc) is 2.16. The molecule has 0 spiro atoms. The number of benzene rings is 1. The Labute approximate surface area is 87.2 Å². The summed E-state index contributed by atoms with van der Waals surface area (Å²) in [4.78, 5) is 0. The first-order valence-corrected chi connectivity index (χ1v) is 5.26. The third kappa shape index (κ3) is 3.52.